The zero-order valence-electron chi connectivity index (χ0n) is 11.0. The lowest BCUT2D eigenvalue weighted by molar-refractivity contribution is 0.366. The van der Waals surface area contributed by atoms with Crippen molar-refractivity contribution in [3.63, 3.8) is 0 Å². The van der Waals surface area contributed by atoms with E-state index in [4.69, 9.17) is 34.4 Å². The van der Waals surface area contributed by atoms with E-state index in [9.17, 15) is 4.39 Å². The zero-order valence-corrected chi connectivity index (χ0v) is 12.5. The summed E-state index contributed by atoms with van der Waals surface area (Å²) in [6, 6.07) is 10.5. The van der Waals surface area contributed by atoms with Crippen molar-refractivity contribution in [3.8, 4) is 18.1 Å². The third-order valence-corrected chi connectivity index (χ3v) is 3.30. The highest BCUT2D eigenvalue weighted by molar-refractivity contribution is 6.35. The number of anilines is 1. The summed E-state index contributed by atoms with van der Waals surface area (Å²) in [6.45, 7) is 0.671. The fourth-order valence-corrected chi connectivity index (χ4v) is 2.25. The average molecular weight is 324 g/mol. The Morgan fingerprint density at radius 1 is 1.19 bits per heavy atom. The molecule has 2 aromatic carbocycles. The van der Waals surface area contributed by atoms with Crippen molar-refractivity contribution in [3.05, 3.63) is 57.8 Å². The summed E-state index contributed by atoms with van der Waals surface area (Å²) in [4.78, 5) is 0. The molecule has 2 rings (SSSR count). The molecule has 108 valence electrons. The van der Waals surface area contributed by atoms with Crippen molar-refractivity contribution in [2.45, 2.75) is 6.54 Å². The number of para-hydroxylation sites is 1. The fraction of sp³-hybridized carbons (Fsp3) is 0.125. The van der Waals surface area contributed by atoms with Gasteiger partial charge in [-0.25, -0.2) is 4.39 Å². The van der Waals surface area contributed by atoms with Gasteiger partial charge in [-0.1, -0.05) is 47.3 Å². The van der Waals surface area contributed by atoms with Crippen LogP contribution >= 0.6 is 23.2 Å². The number of hydrogen-bond acceptors (Lipinski definition) is 2. The highest BCUT2D eigenvalue weighted by atomic mass is 35.5. The Morgan fingerprint density at radius 3 is 2.52 bits per heavy atom. The largest absolute Gasteiger partial charge is 0.481 e. The molecule has 0 aliphatic carbocycles. The summed E-state index contributed by atoms with van der Waals surface area (Å²) in [5, 5.41) is 3.07. The molecule has 0 radical (unpaired) electrons. The third kappa shape index (κ3) is 4.04. The van der Waals surface area contributed by atoms with Gasteiger partial charge >= 0.3 is 0 Å². The predicted molar refractivity (Wildman–Crippen MR) is 84.5 cm³/mol. The SMILES string of the molecule is C#CCOc1ccccc1CNc1cc(Cl)c(F)c(Cl)c1. The zero-order chi connectivity index (χ0) is 15.2. The van der Waals surface area contributed by atoms with Crippen LogP contribution in [0.25, 0.3) is 0 Å². The van der Waals surface area contributed by atoms with Crippen LogP contribution in [0, 0.1) is 18.2 Å². The molecule has 0 aromatic heterocycles. The molecule has 0 heterocycles. The van der Waals surface area contributed by atoms with Crippen LogP contribution in [-0.4, -0.2) is 6.61 Å². The van der Waals surface area contributed by atoms with Gasteiger partial charge in [0.15, 0.2) is 5.82 Å². The first kappa shape index (κ1) is 15.5. The molecule has 1 N–H and O–H groups in total. The van der Waals surface area contributed by atoms with Gasteiger partial charge in [0.2, 0.25) is 0 Å². The molecule has 0 bridgehead atoms. The lowest BCUT2D eigenvalue weighted by atomic mass is 10.2. The van der Waals surface area contributed by atoms with Crippen molar-refractivity contribution in [1.82, 2.24) is 0 Å². The van der Waals surface area contributed by atoms with E-state index in [0.29, 0.717) is 18.0 Å². The Hall–Kier alpha value is -1.89. The lowest BCUT2D eigenvalue weighted by Gasteiger charge is -2.12. The summed E-state index contributed by atoms with van der Waals surface area (Å²) in [6.07, 6.45) is 5.18. The molecule has 0 atom stereocenters. The average Bonchev–Trinajstić information content (AvgIpc) is 2.49. The van der Waals surface area contributed by atoms with Crippen LogP contribution in [0.2, 0.25) is 10.0 Å². The number of terminal acetylenes is 1. The molecule has 21 heavy (non-hydrogen) atoms. The minimum atomic E-state index is -0.623. The Balaban J connectivity index is 2.12. The molecule has 0 saturated heterocycles. The highest BCUT2D eigenvalue weighted by Crippen LogP contribution is 2.28. The minimum absolute atomic E-state index is 0.0260. The van der Waals surface area contributed by atoms with Crippen molar-refractivity contribution in [2.24, 2.45) is 0 Å². The molecule has 0 aliphatic heterocycles. The second-order valence-electron chi connectivity index (χ2n) is 4.21. The van der Waals surface area contributed by atoms with Crippen LogP contribution < -0.4 is 10.1 Å². The minimum Gasteiger partial charge on any atom is -0.481 e. The first-order chi connectivity index (χ1) is 10.1. The number of halogens is 3. The van der Waals surface area contributed by atoms with Crippen LogP contribution in [0.5, 0.6) is 5.75 Å². The van der Waals surface area contributed by atoms with Crippen molar-refractivity contribution in [1.29, 1.82) is 0 Å². The molecule has 2 nitrogen and oxygen atoms in total. The topological polar surface area (TPSA) is 21.3 Å². The molecular weight excluding hydrogens is 312 g/mol. The molecule has 0 unspecified atom stereocenters. The van der Waals surface area contributed by atoms with Gasteiger partial charge in [-0.2, -0.15) is 0 Å². The highest BCUT2D eigenvalue weighted by Gasteiger charge is 2.08. The summed E-state index contributed by atoms with van der Waals surface area (Å²) in [5.74, 6) is 2.49. The van der Waals surface area contributed by atoms with Gasteiger partial charge in [-0.3, -0.25) is 0 Å². The number of rotatable bonds is 5. The van der Waals surface area contributed by atoms with Gasteiger partial charge < -0.3 is 10.1 Å². The first-order valence-corrected chi connectivity index (χ1v) is 6.90. The van der Waals surface area contributed by atoms with E-state index in [1.807, 2.05) is 24.3 Å². The Labute approximate surface area is 132 Å². The monoisotopic (exact) mass is 323 g/mol. The van der Waals surface area contributed by atoms with Gasteiger partial charge in [0.25, 0.3) is 0 Å². The van der Waals surface area contributed by atoms with Crippen LogP contribution in [0.1, 0.15) is 5.56 Å². The normalized spacial score (nSPS) is 10.0. The van der Waals surface area contributed by atoms with E-state index < -0.39 is 5.82 Å². The van der Waals surface area contributed by atoms with E-state index in [-0.39, 0.29) is 16.7 Å². The summed E-state index contributed by atoms with van der Waals surface area (Å²) in [5.41, 5.74) is 1.54. The van der Waals surface area contributed by atoms with E-state index >= 15 is 0 Å². The van der Waals surface area contributed by atoms with E-state index in [1.165, 1.54) is 12.1 Å². The number of benzene rings is 2. The van der Waals surface area contributed by atoms with Crippen LogP contribution in [-0.2, 0) is 6.54 Å². The molecule has 2 aromatic rings. The smallest absolute Gasteiger partial charge is 0.160 e. The van der Waals surface area contributed by atoms with E-state index in [2.05, 4.69) is 11.2 Å². The molecule has 0 saturated carbocycles. The molecule has 0 amide bonds. The van der Waals surface area contributed by atoms with E-state index in [0.717, 1.165) is 5.56 Å². The number of ether oxygens (including phenoxy) is 1. The van der Waals surface area contributed by atoms with Gasteiger partial charge in [0, 0.05) is 17.8 Å². The third-order valence-electron chi connectivity index (χ3n) is 2.75. The Kier molecular flexibility index (Phi) is 5.32. The van der Waals surface area contributed by atoms with Gasteiger partial charge in [-0.15, -0.1) is 6.42 Å². The molecule has 0 fully saturated rings. The lowest BCUT2D eigenvalue weighted by Crippen LogP contribution is -2.04. The molecular formula is C16H12Cl2FNO. The molecule has 0 aliphatic rings. The molecule has 5 heteroatoms. The first-order valence-electron chi connectivity index (χ1n) is 6.14. The van der Waals surface area contributed by atoms with Crippen LogP contribution in [0.3, 0.4) is 0 Å². The van der Waals surface area contributed by atoms with Crippen LogP contribution in [0.4, 0.5) is 10.1 Å². The van der Waals surface area contributed by atoms with Gasteiger partial charge in [-0.05, 0) is 18.2 Å². The van der Waals surface area contributed by atoms with Crippen molar-refractivity contribution in [2.75, 3.05) is 11.9 Å². The Bertz CT molecular complexity index is 659. The maximum absolute atomic E-state index is 13.3. The second kappa shape index (κ2) is 7.21. The summed E-state index contributed by atoms with van der Waals surface area (Å²) in [7, 11) is 0. The van der Waals surface area contributed by atoms with Gasteiger partial charge in [0.05, 0.1) is 10.0 Å². The number of hydrogen-bond donors (Lipinski definition) is 1. The van der Waals surface area contributed by atoms with Gasteiger partial charge in [0.1, 0.15) is 12.4 Å². The maximum atomic E-state index is 13.3. The summed E-state index contributed by atoms with van der Waals surface area (Å²) >= 11 is 11.5. The number of nitrogens with one attached hydrogen (secondary N) is 1. The fourth-order valence-electron chi connectivity index (χ4n) is 1.76. The quantitative estimate of drug-likeness (QED) is 0.633. The second-order valence-corrected chi connectivity index (χ2v) is 5.02. The van der Waals surface area contributed by atoms with Crippen molar-refractivity contribution >= 4 is 28.9 Å². The predicted octanol–water partition coefficient (Wildman–Crippen LogP) is 4.76. The van der Waals surface area contributed by atoms with E-state index in [1.54, 1.807) is 0 Å². The Morgan fingerprint density at radius 2 is 1.86 bits per heavy atom. The van der Waals surface area contributed by atoms with Crippen LogP contribution in [0.15, 0.2) is 36.4 Å². The maximum Gasteiger partial charge on any atom is 0.160 e. The summed E-state index contributed by atoms with van der Waals surface area (Å²) < 4.78 is 18.8. The molecule has 0 spiro atoms. The standard InChI is InChI=1S/C16H12Cl2FNO/c1-2-7-21-15-6-4-3-5-11(15)10-20-12-8-13(17)16(19)14(18)9-12/h1,3-6,8-9,20H,7,10H2. The van der Waals surface area contributed by atoms with Crippen molar-refractivity contribution < 1.29 is 9.13 Å².